The van der Waals surface area contributed by atoms with Crippen molar-refractivity contribution in [2.24, 2.45) is 7.05 Å². The Morgan fingerprint density at radius 1 is 1.17 bits per heavy atom. The molecule has 2 N–H and O–H groups in total. The van der Waals surface area contributed by atoms with Crippen LogP contribution in [-0.2, 0) is 13.2 Å². The molecule has 0 radical (unpaired) electrons. The third kappa shape index (κ3) is 4.45. The molecular weight excluding hydrogens is 394 g/mol. The topological polar surface area (TPSA) is 81.1 Å². The Balaban J connectivity index is 1.72. The summed E-state index contributed by atoms with van der Waals surface area (Å²) in [5.41, 5.74) is 5.16. The highest BCUT2D eigenvalue weighted by Gasteiger charge is 2.30. The Morgan fingerprint density at radius 2 is 1.86 bits per heavy atom. The van der Waals surface area contributed by atoms with Crippen molar-refractivity contribution in [3.63, 3.8) is 0 Å². The predicted octanol–water partition coefficient (Wildman–Crippen LogP) is 3.41. The molecule has 0 saturated heterocycles. The van der Waals surface area contributed by atoms with Gasteiger partial charge in [0.2, 0.25) is 5.88 Å². The molecule has 29 heavy (non-hydrogen) atoms. The van der Waals surface area contributed by atoms with E-state index in [1.54, 1.807) is 0 Å². The third-order valence-electron chi connectivity index (χ3n) is 3.94. The second-order valence-electron chi connectivity index (χ2n) is 5.91. The Kier molecular flexibility index (Phi) is 5.39. The molecule has 0 saturated carbocycles. The summed E-state index contributed by atoms with van der Waals surface area (Å²) in [6.07, 6.45) is -3.17. The second kappa shape index (κ2) is 7.78. The molecule has 2 aromatic heterocycles. The Labute approximate surface area is 162 Å². The molecule has 0 atom stereocenters. The molecule has 1 aromatic carbocycles. The summed E-state index contributed by atoms with van der Waals surface area (Å²) in [6, 6.07) is 6.94. The van der Waals surface area contributed by atoms with Crippen molar-refractivity contribution < 1.29 is 27.1 Å². The zero-order valence-corrected chi connectivity index (χ0v) is 15.2. The van der Waals surface area contributed by atoms with Gasteiger partial charge in [-0.3, -0.25) is 20.3 Å². The van der Waals surface area contributed by atoms with Crippen LogP contribution in [0.25, 0.3) is 11.3 Å². The number of anilines is 1. The van der Waals surface area contributed by atoms with Crippen molar-refractivity contribution in [2.75, 3.05) is 12.5 Å². The van der Waals surface area contributed by atoms with Gasteiger partial charge in [-0.25, -0.2) is 9.37 Å². The monoisotopic (exact) mass is 409 g/mol. The van der Waals surface area contributed by atoms with E-state index in [0.29, 0.717) is 11.3 Å². The predicted molar refractivity (Wildman–Crippen MR) is 95.5 cm³/mol. The van der Waals surface area contributed by atoms with Crippen LogP contribution in [0.3, 0.4) is 0 Å². The molecule has 0 spiro atoms. The van der Waals surface area contributed by atoms with Crippen LogP contribution in [0.5, 0.6) is 5.88 Å². The van der Waals surface area contributed by atoms with Gasteiger partial charge in [-0.1, -0.05) is 12.1 Å². The minimum Gasteiger partial charge on any atom is -0.479 e. The molecule has 0 aliphatic heterocycles. The van der Waals surface area contributed by atoms with Crippen LogP contribution in [0.2, 0.25) is 0 Å². The number of aromatic nitrogens is 3. The number of alkyl halides is 3. The lowest BCUT2D eigenvalue weighted by molar-refractivity contribution is -0.137. The maximum atomic E-state index is 13.6. The average molecular weight is 409 g/mol. The molecule has 7 nitrogen and oxygen atoms in total. The molecule has 1 amide bonds. The van der Waals surface area contributed by atoms with Crippen molar-refractivity contribution >= 4 is 11.6 Å². The summed E-state index contributed by atoms with van der Waals surface area (Å²) in [7, 11) is 2.79. The van der Waals surface area contributed by atoms with Gasteiger partial charge in [-0.15, -0.1) is 0 Å². The van der Waals surface area contributed by atoms with E-state index in [-0.39, 0.29) is 17.3 Å². The van der Waals surface area contributed by atoms with Crippen LogP contribution >= 0.6 is 0 Å². The van der Waals surface area contributed by atoms with E-state index in [4.69, 9.17) is 4.74 Å². The van der Waals surface area contributed by atoms with Crippen LogP contribution in [0, 0.1) is 5.82 Å². The fourth-order valence-electron chi connectivity index (χ4n) is 2.49. The van der Waals surface area contributed by atoms with Gasteiger partial charge in [0.05, 0.1) is 30.3 Å². The summed E-state index contributed by atoms with van der Waals surface area (Å²) >= 11 is 0. The van der Waals surface area contributed by atoms with Gasteiger partial charge < -0.3 is 4.74 Å². The zero-order chi connectivity index (χ0) is 21.2. The molecule has 0 fully saturated rings. The van der Waals surface area contributed by atoms with E-state index in [1.807, 2.05) is 0 Å². The number of hydrazine groups is 1. The van der Waals surface area contributed by atoms with Gasteiger partial charge in [0.15, 0.2) is 5.82 Å². The Bertz CT molecular complexity index is 1030. The largest absolute Gasteiger partial charge is 0.479 e. The number of hydrogen-bond acceptors (Lipinski definition) is 5. The first-order chi connectivity index (χ1) is 13.7. The van der Waals surface area contributed by atoms with E-state index < -0.39 is 23.5 Å². The van der Waals surface area contributed by atoms with E-state index in [1.165, 1.54) is 43.2 Å². The fourth-order valence-corrected chi connectivity index (χ4v) is 2.49. The summed E-state index contributed by atoms with van der Waals surface area (Å²) in [4.78, 5) is 16.1. The number of nitrogens with zero attached hydrogens (tertiary/aromatic N) is 3. The number of methoxy groups -OCH3 is 1. The number of amides is 1. The number of nitrogens with one attached hydrogen (secondary N) is 2. The van der Waals surface area contributed by atoms with Crippen molar-refractivity contribution in [2.45, 2.75) is 6.18 Å². The Hall–Kier alpha value is -3.63. The number of halogens is 4. The fraction of sp³-hybridized carbons (Fsp3) is 0.167. The van der Waals surface area contributed by atoms with Crippen LogP contribution in [0.15, 0.2) is 42.6 Å². The standard InChI is InChI=1S/C18H15F4N5O2/c1-27-15(16(28)25-24-12-7-13(19)17(29-2)23-9-12)8-14(26-27)10-3-5-11(6-4-10)18(20,21)22/h3-9,24H,1-2H3,(H,25,28). The molecule has 2 heterocycles. The van der Waals surface area contributed by atoms with Crippen LogP contribution in [0.1, 0.15) is 16.1 Å². The molecule has 152 valence electrons. The first kappa shape index (κ1) is 20.1. The highest BCUT2D eigenvalue weighted by atomic mass is 19.4. The second-order valence-corrected chi connectivity index (χ2v) is 5.91. The SMILES string of the molecule is COc1ncc(NNC(=O)c2cc(-c3ccc(C(F)(F)F)cc3)nn2C)cc1F. The van der Waals surface area contributed by atoms with Crippen molar-refractivity contribution in [3.8, 4) is 17.1 Å². The van der Waals surface area contributed by atoms with Gasteiger partial charge in [0, 0.05) is 18.7 Å². The maximum absolute atomic E-state index is 13.6. The lowest BCUT2D eigenvalue weighted by Gasteiger charge is -2.09. The maximum Gasteiger partial charge on any atom is 0.416 e. The smallest absolute Gasteiger partial charge is 0.416 e. The van der Waals surface area contributed by atoms with Crippen molar-refractivity contribution in [3.05, 3.63) is 59.7 Å². The van der Waals surface area contributed by atoms with Gasteiger partial charge in [-0.2, -0.15) is 18.3 Å². The number of carbonyl (C=O) groups is 1. The summed E-state index contributed by atoms with van der Waals surface area (Å²) < 4.78 is 57.6. The van der Waals surface area contributed by atoms with Gasteiger partial charge in [0.25, 0.3) is 5.91 Å². The molecule has 0 aliphatic rings. The minimum atomic E-state index is -4.44. The minimum absolute atomic E-state index is 0.134. The number of aryl methyl sites for hydroxylation is 1. The summed E-state index contributed by atoms with van der Waals surface area (Å²) in [6.45, 7) is 0. The average Bonchev–Trinajstić information content (AvgIpc) is 3.07. The lowest BCUT2D eigenvalue weighted by Crippen LogP contribution is -2.31. The van der Waals surface area contributed by atoms with E-state index in [0.717, 1.165) is 18.2 Å². The quantitative estimate of drug-likeness (QED) is 0.499. The molecule has 3 aromatic rings. The van der Waals surface area contributed by atoms with Gasteiger partial charge in [-0.05, 0) is 18.2 Å². The number of ether oxygens (including phenoxy) is 1. The highest BCUT2D eigenvalue weighted by Crippen LogP contribution is 2.30. The van der Waals surface area contributed by atoms with Crippen LogP contribution in [-0.4, -0.2) is 27.8 Å². The van der Waals surface area contributed by atoms with Crippen molar-refractivity contribution in [1.29, 1.82) is 0 Å². The molecule has 11 heteroatoms. The Morgan fingerprint density at radius 3 is 2.45 bits per heavy atom. The number of rotatable bonds is 5. The van der Waals surface area contributed by atoms with E-state index in [2.05, 4.69) is 20.9 Å². The molecule has 3 rings (SSSR count). The van der Waals surface area contributed by atoms with E-state index in [9.17, 15) is 22.4 Å². The molecule has 0 unspecified atom stereocenters. The zero-order valence-electron chi connectivity index (χ0n) is 15.2. The van der Waals surface area contributed by atoms with Crippen LogP contribution in [0.4, 0.5) is 23.2 Å². The number of hydrogen-bond donors (Lipinski definition) is 2. The first-order valence-electron chi connectivity index (χ1n) is 8.16. The van der Waals surface area contributed by atoms with Gasteiger partial charge >= 0.3 is 6.18 Å². The third-order valence-corrected chi connectivity index (χ3v) is 3.94. The molecule has 0 aliphatic carbocycles. The summed E-state index contributed by atoms with van der Waals surface area (Å²) in [5.74, 6) is -1.49. The van der Waals surface area contributed by atoms with Crippen LogP contribution < -0.4 is 15.6 Å². The number of carbonyl (C=O) groups excluding carboxylic acids is 1. The number of benzene rings is 1. The molecular formula is C18H15F4N5O2. The molecule has 0 bridgehead atoms. The lowest BCUT2D eigenvalue weighted by atomic mass is 10.1. The van der Waals surface area contributed by atoms with Crippen molar-refractivity contribution in [1.82, 2.24) is 20.2 Å². The normalized spacial score (nSPS) is 11.2. The van der Waals surface area contributed by atoms with E-state index >= 15 is 0 Å². The first-order valence-corrected chi connectivity index (χ1v) is 8.16. The highest BCUT2D eigenvalue weighted by molar-refractivity contribution is 5.94. The number of pyridine rings is 1. The van der Waals surface area contributed by atoms with Gasteiger partial charge in [0.1, 0.15) is 5.69 Å². The summed E-state index contributed by atoms with van der Waals surface area (Å²) in [5, 5.41) is 4.14.